The number of methoxy groups -OCH3 is 1. The van der Waals surface area contributed by atoms with Gasteiger partial charge in [0, 0.05) is 18.1 Å². The van der Waals surface area contributed by atoms with Crippen molar-refractivity contribution in [3.05, 3.63) is 50.6 Å². The first-order valence-corrected chi connectivity index (χ1v) is 8.50. The van der Waals surface area contributed by atoms with Gasteiger partial charge < -0.3 is 14.4 Å². The van der Waals surface area contributed by atoms with E-state index < -0.39 is 5.97 Å². The van der Waals surface area contributed by atoms with Crippen LogP contribution in [-0.4, -0.2) is 37.5 Å². The molecule has 7 heteroatoms. The van der Waals surface area contributed by atoms with Gasteiger partial charge in [-0.15, -0.1) is 0 Å². The average molecular weight is 398 g/mol. The molecule has 0 aliphatic rings. The van der Waals surface area contributed by atoms with Crippen LogP contribution in [0.1, 0.15) is 15.9 Å². The Labute approximate surface area is 146 Å². The predicted octanol–water partition coefficient (Wildman–Crippen LogP) is 3.33. The molecule has 0 spiro atoms. The van der Waals surface area contributed by atoms with Gasteiger partial charge >= 0.3 is 5.97 Å². The summed E-state index contributed by atoms with van der Waals surface area (Å²) in [6.45, 7) is 0.186. The molecule has 1 aromatic carbocycles. The van der Waals surface area contributed by atoms with Crippen molar-refractivity contribution in [2.45, 2.75) is 6.54 Å². The number of carbonyl (C=O) groups excluding carboxylic acids is 2. The number of rotatable bonds is 6. The molecule has 0 N–H and O–H groups in total. The highest BCUT2D eigenvalue weighted by Gasteiger charge is 2.16. The minimum Gasteiger partial charge on any atom is -0.497 e. The van der Waals surface area contributed by atoms with Crippen LogP contribution in [0, 0.1) is 0 Å². The quantitative estimate of drug-likeness (QED) is 0.701. The number of benzene rings is 1. The zero-order valence-electron chi connectivity index (χ0n) is 12.7. The number of amides is 1. The average Bonchev–Trinajstić information content (AvgIpc) is 3.05. The smallest absolute Gasteiger partial charge is 0.339 e. The van der Waals surface area contributed by atoms with E-state index in [-0.39, 0.29) is 12.5 Å². The molecule has 0 fully saturated rings. The van der Waals surface area contributed by atoms with Gasteiger partial charge in [0.15, 0.2) is 6.61 Å². The number of hydrogen-bond acceptors (Lipinski definition) is 5. The molecule has 23 heavy (non-hydrogen) atoms. The first-order chi connectivity index (χ1) is 11.0. The molecule has 0 unspecified atom stereocenters. The lowest BCUT2D eigenvalue weighted by molar-refractivity contribution is -0.133. The minimum atomic E-state index is -0.576. The molecule has 0 saturated heterocycles. The molecule has 0 bridgehead atoms. The molecule has 2 rings (SSSR count). The van der Waals surface area contributed by atoms with Gasteiger partial charge in [-0.25, -0.2) is 4.79 Å². The summed E-state index contributed by atoms with van der Waals surface area (Å²) in [6, 6.07) is 6.93. The van der Waals surface area contributed by atoms with Crippen LogP contribution in [0.5, 0.6) is 5.75 Å². The predicted molar refractivity (Wildman–Crippen MR) is 91.8 cm³/mol. The van der Waals surface area contributed by atoms with Gasteiger partial charge in [-0.3, -0.25) is 4.79 Å². The van der Waals surface area contributed by atoms with E-state index >= 15 is 0 Å². The van der Waals surface area contributed by atoms with Crippen LogP contribution in [0.4, 0.5) is 0 Å². The standard InChI is InChI=1S/C16H16BrNO4S/c1-18(8-11-5-6-23-10-11)15(19)9-22-16(20)13-7-12(21-2)3-4-14(13)17/h3-7,10H,8-9H2,1-2H3. The lowest BCUT2D eigenvalue weighted by Gasteiger charge is -2.16. The maximum absolute atomic E-state index is 12.1. The van der Waals surface area contributed by atoms with Crippen molar-refractivity contribution in [2.75, 3.05) is 20.8 Å². The molecule has 0 saturated carbocycles. The second kappa shape index (κ2) is 8.12. The molecule has 0 aliphatic heterocycles. The van der Waals surface area contributed by atoms with Crippen molar-refractivity contribution >= 4 is 39.1 Å². The number of esters is 1. The molecule has 1 aromatic heterocycles. The SMILES string of the molecule is COc1ccc(Br)c(C(=O)OCC(=O)N(C)Cc2ccsc2)c1. The number of thiophene rings is 1. The molecule has 2 aromatic rings. The third-order valence-electron chi connectivity index (χ3n) is 3.15. The van der Waals surface area contributed by atoms with E-state index in [4.69, 9.17) is 9.47 Å². The highest BCUT2D eigenvalue weighted by molar-refractivity contribution is 9.10. The highest BCUT2D eigenvalue weighted by Crippen LogP contribution is 2.23. The van der Waals surface area contributed by atoms with E-state index in [0.717, 1.165) is 5.56 Å². The van der Waals surface area contributed by atoms with E-state index in [1.54, 1.807) is 36.6 Å². The molecule has 5 nitrogen and oxygen atoms in total. The Morgan fingerprint density at radius 1 is 1.30 bits per heavy atom. The maximum Gasteiger partial charge on any atom is 0.339 e. The summed E-state index contributed by atoms with van der Waals surface area (Å²) in [5, 5.41) is 3.93. The molecule has 0 atom stereocenters. The van der Waals surface area contributed by atoms with Crippen LogP contribution in [0.3, 0.4) is 0 Å². The van der Waals surface area contributed by atoms with Crippen LogP contribution in [0.15, 0.2) is 39.5 Å². The second-order valence-electron chi connectivity index (χ2n) is 4.80. The first kappa shape index (κ1) is 17.5. The van der Waals surface area contributed by atoms with E-state index in [0.29, 0.717) is 22.3 Å². The Balaban J connectivity index is 1.92. The highest BCUT2D eigenvalue weighted by atomic mass is 79.9. The summed E-state index contributed by atoms with van der Waals surface area (Å²) in [5.74, 6) is -0.294. The van der Waals surface area contributed by atoms with Crippen LogP contribution in [0.2, 0.25) is 0 Å². The van der Waals surface area contributed by atoms with Crippen molar-refractivity contribution < 1.29 is 19.1 Å². The second-order valence-corrected chi connectivity index (χ2v) is 6.44. The molecule has 122 valence electrons. The monoisotopic (exact) mass is 397 g/mol. The summed E-state index contributed by atoms with van der Waals surface area (Å²) < 4.78 is 10.8. The number of halogens is 1. The third kappa shape index (κ3) is 4.80. The minimum absolute atomic E-state index is 0.261. The summed E-state index contributed by atoms with van der Waals surface area (Å²) >= 11 is 4.86. The van der Waals surface area contributed by atoms with Gasteiger partial charge in [0.2, 0.25) is 0 Å². The number of nitrogens with zero attached hydrogens (tertiary/aromatic N) is 1. The Morgan fingerprint density at radius 2 is 2.09 bits per heavy atom. The van der Waals surface area contributed by atoms with Crippen molar-refractivity contribution in [1.29, 1.82) is 0 Å². The first-order valence-electron chi connectivity index (χ1n) is 6.77. The van der Waals surface area contributed by atoms with Crippen LogP contribution < -0.4 is 4.74 Å². The summed E-state index contributed by atoms with van der Waals surface area (Å²) in [6.07, 6.45) is 0. The van der Waals surface area contributed by atoms with Crippen molar-refractivity contribution in [3.8, 4) is 5.75 Å². The molecular formula is C16H16BrNO4S. The fourth-order valence-corrected chi connectivity index (χ4v) is 2.92. The van der Waals surface area contributed by atoms with E-state index in [1.165, 1.54) is 12.0 Å². The molecule has 1 amide bonds. The zero-order chi connectivity index (χ0) is 16.8. The fraction of sp³-hybridized carbons (Fsp3) is 0.250. The lowest BCUT2D eigenvalue weighted by atomic mass is 10.2. The van der Waals surface area contributed by atoms with Crippen molar-refractivity contribution in [2.24, 2.45) is 0 Å². The van der Waals surface area contributed by atoms with Gasteiger partial charge in [-0.2, -0.15) is 11.3 Å². The summed E-state index contributed by atoms with van der Waals surface area (Å²) in [7, 11) is 3.19. The van der Waals surface area contributed by atoms with Gasteiger partial charge in [0.25, 0.3) is 5.91 Å². The van der Waals surface area contributed by atoms with E-state index in [1.807, 2.05) is 16.8 Å². The largest absolute Gasteiger partial charge is 0.497 e. The van der Waals surface area contributed by atoms with E-state index in [9.17, 15) is 9.59 Å². The van der Waals surface area contributed by atoms with Crippen molar-refractivity contribution in [1.82, 2.24) is 4.90 Å². The van der Waals surface area contributed by atoms with Gasteiger partial charge in [0.1, 0.15) is 5.75 Å². The number of likely N-dealkylation sites (N-methyl/N-ethyl adjacent to an activating group) is 1. The summed E-state index contributed by atoms with van der Waals surface area (Å²) in [5.41, 5.74) is 1.37. The van der Waals surface area contributed by atoms with Gasteiger partial charge in [-0.1, -0.05) is 0 Å². The van der Waals surface area contributed by atoms with Gasteiger partial charge in [0.05, 0.1) is 12.7 Å². The van der Waals surface area contributed by atoms with Crippen LogP contribution in [-0.2, 0) is 16.1 Å². The Morgan fingerprint density at radius 3 is 2.74 bits per heavy atom. The molecule has 1 heterocycles. The number of carbonyl (C=O) groups is 2. The molecular weight excluding hydrogens is 382 g/mol. The Hall–Kier alpha value is -1.86. The van der Waals surface area contributed by atoms with Crippen LogP contribution in [0.25, 0.3) is 0 Å². The van der Waals surface area contributed by atoms with Crippen molar-refractivity contribution in [3.63, 3.8) is 0 Å². The number of hydrogen-bond donors (Lipinski definition) is 0. The topological polar surface area (TPSA) is 55.8 Å². The molecule has 0 aliphatic carbocycles. The van der Waals surface area contributed by atoms with Crippen LogP contribution >= 0.6 is 27.3 Å². The Bertz CT molecular complexity index is 687. The number of ether oxygens (including phenoxy) is 2. The normalized spacial score (nSPS) is 10.2. The molecule has 0 radical (unpaired) electrons. The van der Waals surface area contributed by atoms with Gasteiger partial charge in [-0.05, 0) is 56.5 Å². The Kier molecular flexibility index (Phi) is 6.18. The fourth-order valence-electron chi connectivity index (χ4n) is 1.85. The third-order valence-corrected chi connectivity index (χ3v) is 4.57. The maximum atomic E-state index is 12.1. The van der Waals surface area contributed by atoms with E-state index in [2.05, 4.69) is 15.9 Å². The lowest BCUT2D eigenvalue weighted by Crippen LogP contribution is -2.30. The zero-order valence-corrected chi connectivity index (χ0v) is 15.1. The summed E-state index contributed by atoms with van der Waals surface area (Å²) in [4.78, 5) is 25.7.